The van der Waals surface area contributed by atoms with Crippen molar-refractivity contribution in [2.75, 3.05) is 19.6 Å². The fourth-order valence-electron chi connectivity index (χ4n) is 3.43. The maximum atomic E-state index is 9.65. The average Bonchev–Trinajstić information content (AvgIpc) is 2.71. The van der Waals surface area contributed by atoms with Crippen LogP contribution in [0.15, 0.2) is 24.3 Å². The van der Waals surface area contributed by atoms with Crippen molar-refractivity contribution in [2.24, 2.45) is 0 Å². The van der Waals surface area contributed by atoms with Crippen LogP contribution in [0.1, 0.15) is 36.8 Å². The summed E-state index contributed by atoms with van der Waals surface area (Å²) >= 11 is 0. The number of hydrogen-bond donors (Lipinski definition) is 1. The highest BCUT2D eigenvalue weighted by Crippen LogP contribution is 2.44. The van der Waals surface area contributed by atoms with Crippen molar-refractivity contribution in [1.82, 2.24) is 4.90 Å². The molecular weight excluding hydrogens is 222 g/mol. The van der Waals surface area contributed by atoms with E-state index in [0.717, 1.165) is 26.1 Å². The van der Waals surface area contributed by atoms with Crippen molar-refractivity contribution >= 4 is 0 Å². The van der Waals surface area contributed by atoms with Gasteiger partial charge in [-0.1, -0.05) is 36.2 Å². The van der Waals surface area contributed by atoms with E-state index in [9.17, 15) is 5.11 Å². The van der Waals surface area contributed by atoms with E-state index in [4.69, 9.17) is 0 Å². The molecule has 0 radical (unpaired) electrons. The molecule has 0 unspecified atom stereocenters. The van der Waals surface area contributed by atoms with E-state index in [1.54, 1.807) is 0 Å². The van der Waals surface area contributed by atoms with Gasteiger partial charge in [-0.15, -0.1) is 0 Å². The number of nitrogens with zero attached hydrogens (tertiary/aromatic N) is 1. The summed E-state index contributed by atoms with van der Waals surface area (Å²) in [6.45, 7) is 5.21. The quantitative estimate of drug-likeness (QED) is 0.884. The van der Waals surface area contributed by atoms with Crippen LogP contribution < -0.4 is 0 Å². The summed E-state index contributed by atoms with van der Waals surface area (Å²) in [7, 11) is 0. The van der Waals surface area contributed by atoms with Crippen LogP contribution in [0.3, 0.4) is 0 Å². The molecule has 1 aliphatic heterocycles. The minimum absolute atomic E-state index is 0.0971. The standard InChI is InChI=1S/C16H23NO/c1-13-3-5-14(6-4-13)16(8-2-9-16)12-17-10-7-15(18)11-17/h3-6,15,18H,2,7-12H2,1H3/t15-/m1/s1. The Labute approximate surface area is 110 Å². The maximum absolute atomic E-state index is 9.65. The number of aryl methyl sites for hydroxylation is 1. The fraction of sp³-hybridized carbons (Fsp3) is 0.625. The number of aliphatic hydroxyl groups excluding tert-OH is 1. The Morgan fingerprint density at radius 3 is 2.50 bits per heavy atom. The molecule has 2 aliphatic rings. The molecule has 1 aromatic carbocycles. The Hall–Kier alpha value is -0.860. The lowest BCUT2D eigenvalue weighted by atomic mass is 9.64. The Bertz CT molecular complexity index is 408. The maximum Gasteiger partial charge on any atom is 0.0679 e. The van der Waals surface area contributed by atoms with Crippen LogP contribution >= 0.6 is 0 Å². The monoisotopic (exact) mass is 245 g/mol. The van der Waals surface area contributed by atoms with Gasteiger partial charge in [0.15, 0.2) is 0 Å². The van der Waals surface area contributed by atoms with Crippen LogP contribution in [0.4, 0.5) is 0 Å². The second-order valence-electron chi connectivity index (χ2n) is 6.18. The minimum atomic E-state index is -0.0971. The van der Waals surface area contributed by atoms with Crippen LogP contribution in [0.25, 0.3) is 0 Å². The van der Waals surface area contributed by atoms with Crippen LogP contribution in [0, 0.1) is 6.92 Å². The van der Waals surface area contributed by atoms with E-state index in [1.807, 2.05) is 0 Å². The van der Waals surface area contributed by atoms with Gasteiger partial charge < -0.3 is 5.11 Å². The summed E-state index contributed by atoms with van der Waals surface area (Å²) in [6.07, 6.45) is 4.82. The highest BCUT2D eigenvalue weighted by Gasteiger charge is 2.41. The summed E-state index contributed by atoms with van der Waals surface area (Å²) in [5.74, 6) is 0. The molecule has 1 aromatic rings. The van der Waals surface area contributed by atoms with Gasteiger partial charge in [-0.3, -0.25) is 4.90 Å². The molecular formula is C16H23NO. The van der Waals surface area contributed by atoms with Crippen molar-refractivity contribution in [3.63, 3.8) is 0 Å². The Balaban J connectivity index is 1.75. The first-order valence-corrected chi connectivity index (χ1v) is 7.16. The number of aliphatic hydroxyl groups is 1. The van der Waals surface area contributed by atoms with Gasteiger partial charge in [0, 0.05) is 25.0 Å². The van der Waals surface area contributed by atoms with Crippen molar-refractivity contribution in [1.29, 1.82) is 0 Å². The molecule has 1 atom stereocenters. The van der Waals surface area contributed by atoms with Crippen LogP contribution in [-0.4, -0.2) is 35.7 Å². The van der Waals surface area contributed by atoms with E-state index < -0.39 is 0 Å². The van der Waals surface area contributed by atoms with Gasteiger partial charge in [0.05, 0.1) is 6.10 Å². The van der Waals surface area contributed by atoms with Gasteiger partial charge in [-0.2, -0.15) is 0 Å². The molecule has 1 saturated heterocycles. The van der Waals surface area contributed by atoms with E-state index >= 15 is 0 Å². The smallest absolute Gasteiger partial charge is 0.0679 e. The first-order valence-electron chi connectivity index (χ1n) is 7.16. The molecule has 1 heterocycles. The first-order chi connectivity index (χ1) is 8.68. The molecule has 0 spiro atoms. The van der Waals surface area contributed by atoms with Gasteiger partial charge >= 0.3 is 0 Å². The zero-order chi connectivity index (χ0) is 12.6. The normalized spacial score (nSPS) is 27.1. The molecule has 2 heteroatoms. The summed E-state index contributed by atoms with van der Waals surface area (Å²) in [4.78, 5) is 2.45. The Morgan fingerprint density at radius 1 is 1.28 bits per heavy atom. The molecule has 18 heavy (non-hydrogen) atoms. The molecule has 0 bridgehead atoms. The summed E-state index contributed by atoms with van der Waals surface area (Å²) < 4.78 is 0. The number of benzene rings is 1. The SMILES string of the molecule is Cc1ccc(C2(CN3CC[C@@H](O)C3)CCC2)cc1. The molecule has 98 valence electrons. The van der Waals surface area contributed by atoms with Gasteiger partial charge in [0.1, 0.15) is 0 Å². The first kappa shape index (κ1) is 12.2. The van der Waals surface area contributed by atoms with Crippen molar-refractivity contribution < 1.29 is 5.11 Å². The zero-order valence-corrected chi connectivity index (χ0v) is 11.2. The van der Waals surface area contributed by atoms with Crippen molar-refractivity contribution in [3.8, 4) is 0 Å². The molecule has 1 N–H and O–H groups in total. The average molecular weight is 245 g/mol. The van der Waals surface area contributed by atoms with E-state index in [0.29, 0.717) is 5.41 Å². The minimum Gasteiger partial charge on any atom is -0.392 e. The Kier molecular flexibility index (Phi) is 3.16. The third kappa shape index (κ3) is 2.19. The zero-order valence-electron chi connectivity index (χ0n) is 11.2. The van der Waals surface area contributed by atoms with E-state index in [1.165, 1.54) is 30.4 Å². The third-order valence-corrected chi connectivity index (χ3v) is 4.75. The van der Waals surface area contributed by atoms with Crippen molar-refractivity contribution in [3.05, 3.63) is 35.4 Å². The van der Waals surface area contributed by atoms with Gasteiger partial charge in [-0.25, -0.2) is 0 Å². The lowest BCUT2D eigenvalue weighted by Gasteiger charge is -2.45. The predicted molar refractivity (Wildman–Crippen MR) is 73.8 cm³/mol. The van der Waals surface area contributed by atoms with Gasteiger partial charge in [0.2, 0.25) is 0 Å². The summed E-state index contributed by atoms with van der Waals surface area (Å²) in [5.41, 5.74) is 3.21. The molecule has 0 aromatic heterocycles. The highest BCUT2D eigenvalue weighted by atomic mass is 16.3. The topological polar surface area (TPSA) is 23.5 Å². The lowest BCUT2D eigenvalue weighted by molar-refractivity contribution is 0.134. The predicted octanol–water partition coefficient (Wildman–Crippen LogP) is 2.48. The molecule has 2 fully saturated rings. The summed E-state index contributed by atoms with van der Waals surface area (Å²) in [5, 5.41) is 9.65. The van der Waals surface area contributed by atoms with Gasteiger partial charge in [-0.05, 0) is 31.7 Å². The van der Waals surface area contributed by atoms with E-state index in [2.05, 4.69) is 36.1 Å². The third-order valence-electron chi connectivity index (χ3n) is 4.75. The van der Waals surface area contributed by atoms with Crippen LogP contribution in [0.2, 0.25) is 0 Å². The number of rotatable bonds is 3. The Morgan fingerprint density at radius 2 is 2.00 bits per heavy atom. The molecule has 1 saturated carbocycles. The van der Waals surface area contributed by atoms with Gasteiger partial charge in [0.25, 0.3) is 0 Å². The number of hydrogen-bond acceptors (Lipinski definition) is 2. The van der Waals surface area contributed by atoms with Crippen LogP contribution in [-0.2, 0) is 5.41 Å². The van der Waals surface area contributed by atoms with E-state index in [-0.39, 0.29) is 6.10 Å². The molecule has 2 nitrogen and oxygen atoms in total. The highest BCUT2D eigenvalue weighted by molar-refractivity contribution is 5.31. The number of likely N-dealkylation sites (tertiary alicyclic amines) is 1. The number of β-amino-alcohol motifs (C(OH)–C–C–N with tert-alkyl or cyclic N) is 1. The molecule has 3 rings (SSSR count). The largest absolute Gasteiger partial charge is 0.392 e. The van der Waals surface area contributed by atoms with Crippen molar-refractivity contribution in [2.45, 2.75) is 44.1 Å². The second kappa shape index (κ2) is 4.67. The van der Waals surface area contributed by atoms with Crippen LogP contribution in [0.5, 0.6) is 0 Å². The fourth-order valence-corrected chi connectivity index (χ4v) is 3.43. The lowest BCUT2D eigenvalue weighted by Crippen LogP contribution is -2.45. The summed E-state index contributed by atoms with van der Waals surface area (Å²) in [6, 6.07) is 9.07. The molecule has 0 amide bonds. The molecule has 1 aliphatic carbocycles. The second-order valence-corrected chi connectivity index (χ2v) is 6.18.